The lowest BCUT2D eigenvalue weighted by atomic mass is 10.1. The third kappa shape index (κ3) is 1.96. The summed E-state index contributed by atoms with van der Waals surface area (Å²) in [6.07, 6.45) is -0.628. The van der Waals surface area contributed by atoms with Crippen molar-refractivity contribution >= 4 is 11.6 Å². The van der Waals surface area contributed by atoms with Crippen LogP contribution >= 0.6 is 11.6 Å². The number of nitrogens with two attached hydrogens (primary N) is 1. The van der Waals surface area contributed by atoms with E-state index in [1.807, 2.05) is 0 Å². The van der Waals surface area contributed by atoms with E-state index < -0.39 is 12.1 Å². The Balaban J connectivity index is 2.76. The average Bonchev–Trinajstić information content (AvgIpc) is 2.34. The highest BCUT2D eigenvalue weighted by Crippen LogP contribution is 2.20. The van der Waals surface area contributed by atoms with Crippen molar-refractivity contribution in [2.45, 2.75) is 19.1 Å². The van der Waals surface area contributed by atoms with Crippen LogP contribution in [0.3, 0.4) is 0 Å². The fraction of sp³-hybridized carbons (Fsp3) is 0.429. The van der Waals surface area contributed by atoms with Crippen LogP contribution in [0.5, 0.6) is 0 Å². The Kier molecular flexibility index (Phi) is 2.54. The highest BCUT2D eigenvalue weighted by atomic mass is 35.5. The normalized spacial score (nSPS) is 16.4. The summed E-state index contributed by atoms with van der Waals surface area (Å²) in [5.74, 6) is 0.505. The van der Waals surface area contributed by atoms with Gasteiger partial charge in [-0.25, -0.2) is 0 Å². The zero-order chi connectivity index (χ0) is 8.43. The number of hydrogen-bond donors (Lipinski definition) is 2. The maximum atomic E-state index is 9.06. The van der Waals surface area contributed by atoms with Crippen LogP contribution in [-0.2, 0) is 0 Å². The SMILES string of the molecule is CC(O)[C@H](N)c1ccc(Cl)o1. The zero-order valence-corrected chi connectivity index (χ0v) is 6.88. The van der Waals surface area contributed by atoms with Crippen LogP contribution in [0.2, 0.25) is 5.22 Å². The molecule has 0 amide bonds. The van der Waals surface area contributed by atoms with Gasteiger partial charge in [0.1, 0.15) is 5.76 Å². The molecule has 0 bridgehead atoms. The molecule has 4 heteroatoms. The molecule has 1 unspecified atom stereocenters. The molecular formula is C7H10ClNO2. The summed E-state index contributed by atoms with van der Waals surface area (Å²) in [5.41, 5.74) is 5.55. The Morgan fingerprint density at radius 3 is 2.64 bits per heavy atom. The highest BCUT2D eigenvalue weighted by Gasteiger charge is 2.15. The van der Waals surface area contributed by atoms with Gasteiger partial charge >= 0.3 is 0 Å². The van der Waals surface area contributed by atoms with Crippen molar-refractivity contribution < 1.29 is 9.52 Å². The van der Waals surface area contributed by atoms with Gasteiger partial charge in [0.25, 0.3) is 0 Å². The lowest BCUT2D eigenvalue weighted by Gasteiger charge is -2.10. The van der Waals surface area contributed by atoms with Crippen molar-refractivity contribution in [1.29, 1.82) is 0 Å². The smallest absolute Gasteiger partial charge is 0.193 e. The van der Waals surface area contributed by atoms with Gasteiger partial charge in [-0.05, 0) is 30.7 Å². The van der Waals surface area contributed by atoms with E-state index in [1.54, 1.807) is 19.1 Å². The summed E-state index contributed by atoms with van der Waals surface area (Å²) in [7, 11) is 0. The highest BCUT2D eigenvalue weighted by molar-refractivity contribution is 6.28. The second-order valence-corrected chi connectivity index (χ2v) is 2.78. The molecule has 0 fully saturated rings. The summed E-state index contributed by atoms with van der Waals surface area (Å²) in [6, 6.07) is 2.75. The first-order valence-electron chi connectivity index (χ1n) is 3.30. The molecule has 11 heavy (non-hydrogen) atoms. The van der Waals surface area contributed by atoms with Crippen molar-refractivity contribution in [3.63, 3.8) is 0 Å². The fourth-order valence-corrected chi connectivity index (χ4v) is 0.897. The number of halogens is 1. The van der Waals surface area contributed by atoms with Crippen molar-refractivity contribution in [2.75, 3.05) is 0 Å². The largest absolute Gasteiger partial charge is 0.448 e. The van der Waals surface area contributed by atoms with Crippen LogP contribution in [0.1, 0.15) is 18.7 Å². The quantitative estimate of drug-likeness (QED) is 0.713. The summed E-state index contributed by atoms with van der Waals surface area (Å²) in [4.78, 5) is 0. The molecule has 0 saturated heterocycles. The van der Waals surface area contributed by atoms with E-state index in [4.69, 9.17) is 26.9 Å². The molecule has 0 aromatic carbocycles. The molecule has 0 aliphatic carbocycles. The Bertz CT molecular complexity index is 234. The standard InChI is InChI=1S/C7H10ClNO2/c1-4(10)7(9)5-2-3-6(8)11-5/h2-4,7,10H,9H2,1H3/t4?,7-/m0/s1. The topological polar surface area (TPSA) is 59.4 Å². The van der Waals surface area contributed by atoms with E-state index >= 15 is 0 Å². The van der Waals surface area contributed by atoms with Crippen molar-refractivity contribution in [3.8, 4) is 0 Å². The lowest BCUT2D eigenvalue weighted by molar-refractivity contribution is 0.153. The van der Waals surface area contributed by atoms with E-state index in [0.717, 1.165) is 0 Å². The second kappa shape index (κ2) is 3.26. The number of aliphatic hydroxyl groups excluding tert-OH is 1. The van der Waals surface area contributed by atoms with E-state index in [1.165, 1.54) is 0 Å². The minimum atomic E-state index is -0.628. The number of rotatable bonds is 2. The molecule has 1 aromatic rings. The van der Waals surface area contributed by atoms with Crippen LogP contribution in [0.25, 0.3) is 0 Å². The Morgan fingerprint density at radius 2 is 2.27 bits per heavy atom. The minimum Gasteiger partial charge on any atom is -0.448 e. The second-order valence-electron chi connectivity index (χ2n) is 2.41. The summed E-state index contributed by atoms with van der Waals surface area (Å²) in [6.45, 7) is 1.60. The molecule has 3 N–H and O–H groups in total. The van der Waals surface area contributed by atoms with Gasteiger partial charge in [0, 0.05) is 0 Å². The van der Waals surface area contributed by atoms with Gasteiger partial charge in [-0.15, -0.1) is 0 Å². The van der Waals surface area contributed by atoms with Crippen LogP contribution in [0.4, 0.5) is 0 Å². The van der Waals surface area contributed by atoms with Gasteiger partial charge in [0.2, 0.25) is 0 Å². The molecule has 0 radical (unpaired) electrons. The average molecular weight is 176 g/mol. The van der Waals surface area contributed by atoms with Gasteiger partial charge in [0.15, 0.2) is 5.22 Å². The minimum absolute atomic E-state index is 0.288. The van der Waals surface area contributed by atoms with Crippen LogP contribution < -0.4 is 5.73 Å². The molecule has 1 rings (SSSR count). The van der Waals surface area contributed by atoms with E-state index in [0.29, 0.717) is 5.76 Å². The van der Waals surface area contributed by atoms with E-state index in [2.05, 4.69) is 0 Å². The number of aliphatic hydroxyl groups is 1. The lowest BCUT2D eigenvalue weighted by Crippen LogP contribution is -2.22. The fourth-order valence-electron chi connectivity index (χ4n) is 0.745. The van der Waals surface area contributed by atoms with Crippen molar-refractivity contribution in [3.05, 3.63) is 23.1 Å². The predicted molar refractivity (Wildman–Crippen MR) is 42.3 cm³/mol. The van der Waals surface area contributed by atoms with E-state index in [-0.39, 0.29) is 5.22 Å². The molecule has 1 aromatic heterocycles. The molecule has 0 aliphatic rings. The van der Waals surface area contributed by atoms with Crippen LogP contribution in [-0.4, -0.2) is 11.2 Å². The van der Waals surface area contributed by atoms with Crippen LogP contribution in [0, 0.1) is 0 Å². The molecule has 0 aliphatic heterocycles. The van der Waals surface area contributed by atoms with Gasteiger partial charge in [-0.2, -0.15) is 0 Å². The van der Waals surface area contributed by atoms with Crippen LogP contribution in [0.15, 0.2) is 16.5 Å². The van der Waals surface area contributed by atoms with Gasteiger partial charge in [0.05, 0.1) is 12.1 Å². The number of hydrogen-bond acceptors (Lipinski definition) is 3. The summed E-state index contributed by atoms with van der Waals surface area (Å²) in [5, 5.41) is 9.34. The van der Waals surface area contributed by atoms with Crippen molar-refractivity contribution in [1.82, 2.24) is 0 Å². The molecule has 3 nitrogen and oxygen atoms in total. The zero-order valence-electron chi connectivity index (χ0n) is 6.12. The molecule has 0 saturated carbocycles. The molecule has 62 valence electrons. The predicted octanol–water partition coefficient (Wildman–Crippen LogP) is 1.31. The van der Waals surface area contributed by atoms with E-state index in [9.17, 15) is 0 Å². The Labute approximate surface area is 69.8 Å². The Morgan fingerprint density at radius 1 is 1.64 bits per heavy atom. The first-order valence-corrected chi connectivity index (χ1v) is 3.68. The Hall–Kier alpha value is -0.510. The third-order valence-corrected chi connectivity index (χ3v) is 1.65. The summed E-state index contributed by atoms with van der Waals surface area (Å²) < 4.78 is 4.99. The summed E-state index contributed by atoms with van der Waals surface area (Å²) >= 11 is 5.51. The van der Waals surface area contributed by atoms with Gasteiger partial charge in [-0.3, -0.25) is 0 Å². The van der Waals surface area contributed by atoms with Gasteiger partial charge < -0.3 is 15.3 Å². The first-order chi connectivity index (χ1) is 5.11. The molecule has 2 atom stereocenters. The maximum Gasteiger partial charge on any atom is 0.193 e. The molecule has 1 heterocycles. The van der Waals surface area contributed by atoms with Crippen molar-refractivity contribution in [2.24, 2.45) is 5.73 Å². The monoisotopic (exact) mass is 175 g/mol. The first kappa shape index (κ1) is 8.59. The van der Waals surface area contributed by atoms with Gasteiger partial charge in [-0.1, -0.05) is 0 Å². The maximum absolute atomic E-state index is 9.06. The third-order valence-electron chi connectivity index (χ3n) is 1.44. The molecular weight excluding hydrogens is 166 g/mol. The molecule has 0 spiro atoms. The number of furan rings is 1.